The van der Waals surface area contributed by atoms with Gasteiger partial charge in [0.25, 0.3) is 11.1 Å². The fourth-order valence-corrected chi connectivity index (χ4v) is 3.79. The van der Waals surface area contributed by atoms with Gasteiger partial charge >= 0.3 is 6.09 Å². The number of aromatic nitrogens is 2. The van der Waals surface area contributed by atoms with Crippen LogP contribution in [0.1, 0.15) is 18.9 Å². The molecule has 2 aliphatic rings. The Morgan fingerprint density at radius 1 is 1.13 bits per heavy atom. The second kappa shape index (κ2) is 9.24. The van der Waals surface area contributed by atoms with Crippen LogP contribution in [0.4, 0.5) is 4.79 Å². The van der Waals surface area contributed by atoms with Gasteiger partial charge in [-0.15, -0.1) is 10.2 Å². The number of carbonyl (C=O) groups is 2. The maximum atomic E-state index is 12.5. The summed E-state index contributed by atoms with van der Waals surface area (Å²) in [6.07, 6.45) is -0.831. The molecule has 0 unspecified atom stereocenters. The van der Waals surface area contributed by atoms with Crippen molar-refractivity contribution in [2.45, 2.75) is 18.3 Å². The molecule has 2 aromatic rings. The molecule has 0 aliphatic carbocycles. The van der Waals surface area contributed by atoms with E-state index in [1.54, 1.807) is 16.7 Å². The van der Waals surface area contributed by atoms with Gasteiger partial charge in [0.15, 0.2) is 11.5 Å². The van der Waals surface area contributed by atoms with Crippen molar-refractivity contribution in [1.82, 2.24) is 20.0 Å². The average Bonchev–Trinajstić information content (AvgIpc) is 3.26. The van der Waals surface area contributed by atoms with E-state index in [1.807, 2.05) is 24.3 Å². The van der Waals surface area contributed by atoms with E-state index in [0.717, 1.165) is 0 Å². The minimum Gasteiger partial charge on any atom is -0.485 e. The molecule has 0 radical (unpaired) electrons. The number of ether oxygens (including phenoxy) is 3. The van der Waals surface area contributed by atoms with Gasteiger partial charge in [0.05, 0.1) is 12.4 Å². The van der Waals surface area contributed by atoms with Crippen LogP contribution >= 0.6 is 11.8 Å². The van der Waals surface area contributed by atoms with Crippen molar-refractivity contribution in [3.05, 3.63) is 30.2 Å². The predicted molar refractivity (Wildman–Crippen MR) is 106 cm³/mol. The van der Waals surface area contributed by atoms with Gasteiger partial charge in [-0.05, 0) is 19.1 Å². The van der Waals surface area contributed by atoms with Gasteiger partial charge in [0, 0.05) is 26.2 Å². The molecule has 1 aromatic heterocycles. The van der Waals surface area contributed by atoms with Gasteiger partial charge in [-0.25, -0.2) is 4.79 Å². The van der Waals surface area contributed by atoms with E-state index in [4.69, 9.17) is 18.6 Å². The highest BCUT2D eigenvalue weighted by molar-refractivity contribution is 7.99. The third kappa shape index (κ3) is 4.61. The Kier molecular flexibility index (Phi) is 6.26. The van der Waals surface area contributed by atoms with Gasteiger partial charge in [0.1, 0.15) is 6.61 Å². The molecule has 0 bridgehead atoms. The van der Waals surface area contributed by atoms with Crippen LogP contribution in [0.5, 0.6) is 11.5 Å². The largest absolute Gasteiger partial charge is 0.485 e. The summed E-state index contributed by atoms with van der Waals surface area (Å²) in [4.78, 5) is 27.5. The molecule has 2 amide bonds. The molecule has 3 heterocycles. The highest BCUT2D eigenvalue weighted by Crippen LogP contribution is 2.35. The predicted octanol–water partition coefficient (Wildman–Crippen LogP) is 1.97. The number of hydrogen-bond acceptors (Lipinski definition) is 9. The summed E-state index contributed by atoms with van der Waals surface area (Å²) >= 11 is 1.17. The van der Waals surface area contributed by atoms with Gasteiger partial charge < -0.3 is 28.4 Å². The van der Waals surface area contributed by atoms with Crippen molar-refractivity contribution < 1.29 is 28.2 Å². The Morgan fingerprint density at radius 3 is 2.63 bits per heavy atom. The highest BCUT2D eigenvalue weighted by atomic mass is 32.2. The van der Waals surface area contributed by atoms with Gasteiger partial charge in [-0.2, -0.15) is 0 Å². The average molecular weight is 434 g/mol. The first-order chi connectivity index (χ1) is 14.6. The first-order valence-corrected chi connectivity index (χ1v) is 10.7. The molecule has 30 heavy (non-hydrogen) atoms. The first kappa shape index (κ1) is 20.3. The van der Waals surface area contributed by atoms with Crippen molar-refractivity contribution >= 4 is 23.8 Å². The minimum absolute atomic E-state index is 0.0468. The first-order valence-electron chi connectivity index (χ1n) is 9.68. The number of hydrogen-bond donors (Lipinski definition) is 0. The van der Waals surface area contributed by atoms with E-state index in [1.165, 1.54) is 11.8 Å². The van der Waals surface area contributed by atoms with Crippen LogP contribution in [0.15, 0.2) is 33.9 Å². The van der Waals surface area contributed by atoms with Crippen molar-refractivity contribution in [2.24, 2.45) is 0 Å². The standard InChI is InChI=1S/C19H22N4O6S/c1-2-26-19(25)23-9-7-22(8-10-23)16(24)12-30-18-21-20-17(29-18)15-11-27-13-5-3-4-6-14(13)28-15/h3-6,15H,2,7-12H2,1H3/t15-/m1/s1. The normalized spacial score (nSPS) is 18.2. The zero-order valence-electron chi connectivity index (χ0n) is 16.5. The fraction of sp³-hybridized carbons (Fsp3) is 0.474. The lowest BCUT2D eigenvalue weighted by molar-refractivity contribution is -0.129. The summed E-state index contributed by atoms with van der Waals surface area (Å²) in [5, 5.41) is 8.31. The van der Waals surface area contributed by atoms with Crippen LogP contribution < -0.4 is 9.47 Å². The molecular weight excluding hydrogens is 412 g/mol. The molecule has 4 rings (SSSR count). The van der Waals surface area contributed by atoms with Gasteiger partial charge in [-0.1, -0.05) is 23.9 Å². The fourth-order valence-electron chi connectivity index (χ4n) is 3.12. The Balaban J connectivity index is 1.25. The Morgan fingerprint density at radius 2 is 1.87 bits per heavy atom. The maximum absolute atomic E-state index is 12.5. The van der Waals surface area contributed by atoms with Crippen molar-refractivity contribution in [3.63, 3.8) is 0 Å². The second-order valence-corrected chi connectivity index (χ2v) is 7.55. The Labute approximate surface area is 177 Å². The van der Waals surface area contributed by atoms with Crippen LogP contribution in [0, 0.1) is 0 Å². The summed E-state index contributed by atoms with van der Waals surface area (Å²) in [5.41, 5.74) is 0. The number of fused-ring (bicyclic) bond motifs is 1. The lowest BCUT2D eigenvalue weighted by Gasteiger charge is -2.33. The van der Waals surface area contributed by atoms with E-state index in [2.05, 4.69) is 10.2 Å². The van der Waals surface area contributed by atoms with Crippen LogP contribution in [0.3, 0.4) is 0 Å². The number of nitrogens with zero attached hydrogens (tertiary/aromatic N) is 4. The van der Waals surface area contributed by atoms with Crippen molar-refractivity contribution in [2.75, 3.05) is 45.1 Å². The molecule has 10 nitrogen and oxygen atoms in total. The third-order valence-corrected chi connectivity index (χ3v) is 5.49. The smallest absolute Gasteiger partial charge is 0.409 e. The van der Waals surface area contributed by atoms with Crippen LogP contribution in [0.25, 0.3) is 0 Å². The molecule has 1 fully saturated rings. The van der Waals surface area contributed by atoms with Crippen LogP contribution in [-0.2, 0) is 9.53 Å². The SMILES string of the molecule is CCOC(=O)N1CCN(C(=O)CSc2nnc([C@H]3COc4ccccc4O3)o2)CC1. The summed E-state index contributed by atoms with van der Waals surface area (Å²) in [6.45, 7) is 4.24. The summed E-state index contributed by atoms with van der Waals surface area (Å²) in [6, 6.07) is 7.38. The molecule has 1 atom stereocenters. The summed E-state index contributed by atoms with van der Waals surface area (Å²) < 4.78 is 22.1. The van der Waals surface area contributed by atoms with E-state index in [9.17, 15) is 9.59 Å². The van der Waals surface area contributed by atoms with E-state index >= 15 is 0 Å². The van der Waals surface area contributed by atoms with Gasteiger partial charge in [-0.3, -0.25) is 4.79 Å². The lowest BCUT2D eigenvalue weighted by Crippen LogP contribution is -2.51. The van der Waals surface area contributed by atoms with Crippen molar-refractivity contribution in [3.8, 4) is 11.5 Å². The molecule has 0 saturated carbocycles. The zero-order chi connectivity index (χ0) is 20.9. The van der Waals surface area contributed by atoms with E-state index < -0.39 is 6.10 Å². The number of rotatable bonds is 5. The Hall–Kier alpha value is -2.95. The third-order valence-electron chi connectivity index (χ3n) is 4.68. The maximum Gasteiger partial charge on any atom is 0.409 e. The number of thioether (sulfide) groups is 1. The number of para-hydroxylation sites is 2. The molecule has 2 aliphatic heterocycles. The highest BCUT2D eigenvalue weighted by Gasteiger charge is 2.28. The molecule has 0 spiro atoms. The van der Waals surface area contributed by atoms with Crippen molar-refractivity contribution in [1.29, 1.82) is 0 Å². The summed E-state index contributed by atoms with van der Waals surface area (Å²) in [5.74, 6) is 1.73. The second-order valence-electron chi connectivity index (χ2n) is 6.63. The number of piperazine rings is 1. The molecule has 11 heteroatoms. The van der Waals surface area contributed by atoms with E-state index in [-0.39, 0.29) is 24.4 Å². The minimum atomic E-state index is -0.492. The summed E-state index contributed by atoms with van der Waals surface area (Å²) in [7, 11) is 0. The molecular formula is C19H22N4O6S. The van der Waals surface area contributed by atoms with Crippen LogP contribution in [-0.4, -0.2) is 77.1 Å². The Bertz CT molecular complexity index is 899. The number of benzene rings is 1. The van der Waals surface area contributed by atoms with Gasteiger partial charge in [0.2, 0.25) is 12.0 Å². The lowest BCUT2D eigenvalue weighted by atomic mass is 10.2. The van der Waals surface area contributed by atoms with E-state index in [0.29, 0.717) is 55.4 Å². The molecule has 1 aromatic carbocycles. The quantitative estimate of drug-likeness (QED) is 0.653. The zero-order valence-corrected chi connectivity index (χ0v) is 17.3. The number of carbonyl (C=O) groups excluding carboxylic acids is 2. The monoisotopic (exact) mass is 434 g/mol. The topological polar surface area (TPSA) is 107 Å². The molecule has 0 N–H and O–H groups in total. The molecule has 160 valence electrons. The number of amides is 2. The van der Waals surface area contributed by atoms with Crippen LogP contribution in [0.2, 0.25) is 0 Å². The molecule has 1 saturated heterocycles.